The number of aromatic amines is 1. The van der Waals surface area contributed by atoms with Gasteiger partial charge in [-0.1, -0.05) is 84.9 Å². The molecule has 0 unspecified atom stereocenters. The molecule has 322 valence electrons. The van der Waals surface area contributed by atoms with E-state index in [4.69, 9.17) is 19.4 Å². The third-order valence-electron chi connectivity index (χ3n) is 11.7. The maximum absolute atomic E-state index is 13.9. The molecule has 4 heterocycles. The summed E-state index contributed by atoms with van der Waals surface area (Å²) in [5, 5.41) is 9.29. The second-order valence-corrected chi connectivity index (χ2v) is 15.6. The molecular formula is C48H48N8O7. The third-order valence-corrected chi connectivity index (χ3v) is 11.7. The minimum Gasteiger partial charge on any atom is -0.453 e. The molecule has 63 heavy (non-hydrogen) atoms. The molecule has 2 fully saturated rings. The molecule has 0 radical (unpaired) electrons. The number of benzene rings is 4. The monoisotopic (exact) mass is 848 g/mol. The van der Waals surface area contributed by atoms with Gasteiger partial charge in [-0.2, -0.15) is 0 Å². The van der Waals surface area contributed by atoms with Gasteiger partial charge in [0.1, 0.15) is 17.9 Å². The Bertz CT molecular complexity index is 2600. The van der Waals surface area contributed by atoms with Crippen LogP contribution in [0.1, 0.15) is 71.1 Å². The van der Waals surface area contributed by atoms with Crippen LogP contribution in [0.2, 0.25) is 0 Å². The van der Waals surface area contributed by atoms with E-state index in [9.17, 15) is 24.0 Å². The number of imidazole rings is 1. The molecule has 4 N–H and O–H groups in total. The summed E-state index contributed by atoms with van der Waals surface area (Å²) in [4.78, 5) is 81.9. The van der Waals surface area contributed by atoms with E-state index in [1.54, 1.807) is 52.4 Å². The number of hydrogen-bond acceptors (Lipinski definition) is 9. The van der Waals surface area contributed by atoms with Gasteiger partial charge in [-0.05, 0) is 67.1 Å². The summed E-state index contributed by atoms with van der Waals surface area (Å²) < 4.78 is 9.61. The Labute approximate surface area is 364 Å². The van der Waals surface area contributed by atoms with Gasteiger partial charge in [0.15, 0.2) is 0 Å². The Balaban J connectivity index is 0.901. The van der Waals surface area contributed by atoms with Crippen molar-refractivity contribution in [3.05, 3.63) is 144 Å². The number of alkyl carbamates (subject to hydrolysis) is 2. The van der Waals surface area contributed by atoms with E-state index in [2.05, 4.69) is 20.9 Å². The zero-order chi connectivity index (χ0) is 43.9. The average molecular weight is 849 g/mol. The van der Waals surface area contributed by atoms with Gasteiger partial charge in [0.05, 0.1) is 43.4 Å². The summed E-state index contributed by atoms with van der Waals surface area (Å²) in [7, 11) is 2.53. The highest BCUT2D eigenvalue weighted by Crippen LogP contribution is 2.35. The number of nitrogens with zero attached hydrogens (tertiary/aromatic N) is 4. The van der Waals surface area contributed by atoms with E-state index < -0.39 is 24.3 Å². The zero-order valence-corrected chi connectivity index (χ0v) is 35.0. The molecule has 2 saturated heterocycles. The fourth-order valence-corrected chi connectivity index (χ4v) is 8.42. The van der Waals surface area contributed by atoms with E-state index in [0.29, 0.717) is 35.6 Å². The fraction of sp³-hybridized carbons (Fsp3) is 0.271. The first kappa shape index (κ1) is 42.2. The topological polar surface area (TPSA) is 188 Å². The van der Waals surface area contributed by atoms with Gasteiger partial charge in [0.2, 0.25) is 5.91 Å². The Morgan fingerprint density at radius 2 is 1.32 bits per heavy atom. The van der Waals surface area contributed by atoms with Crippen LogP contribution in [0, 0.1) is 0 Å². The van der Waals surface area contributed by atoms with Crippen molar-refractivity contribution in [3.63, 3.8) is 0 Å². The molecule has 0 saturated carbocycles. The zero-order valence-electron chi connectivity index (χ0n) is 35.0. The standard InChI is InChI=1S/C48H48N8O7/c1-62-47(60)53-41(31-11-5-3-6-12-31)45(58)55-25-9-15-36(55)28-50-44(57)33-19-17-30(18-20-33)37-23-21-34-27-35(22-24-38(34)51-37)39-29-49-43(52-39)40-16-10-26-56(40)46(59)42(54-48(61)63-2)32-13-7-4-8-14-32/h3-8,11-14,17-24,27,29,36,40-42H,9-10,15-16,25-26,28H2,1-2H3,(H,49,52)(H,50,57)(H,53,60)(H,54,61)/t36-,40-,41+,42+/m0/s1. The number of likely N-dealkylation sites (tertiary alicyclic amines) is 2. The Morgan fingerprint density at radius 3 is 1.97 bits per heavy atom. The van der Waals surface area contributed by atoms with E-state index in [-0.39, 0.29) is 36.3 Å². The summed E-state index contributed by atoms with van der Waals surface area (Å²) in [6.45, 7) is 1.32. The van der Waals surface area contributed by atoms with Crippen molar-refractivity contribution in [1.29, 1.82) is 0 Å². The van der Waals surface area contributed by atoms with E-state index in [1.807, 2.05) is 78.9 Å². The number of pyridine rings is 1. The molecule has 8 rings (SSSR count). The number of hydrogen-bond donors (Lipinski definition) is 4. The number of amides is 5. The number of aromatic nitrogens is 3. The summed E-state index contributed by atoms with van der Waals surface area (Å²) >= 11 is 0. The number of carbonyl (C=O) groups excluding carboxylic acids is 5. The van der Waals surface area contributed by atoms with Gasteiger partial charge >= 0.3 is 12.2 Å². The van der Waals surface area contributed by atoms with Crippen molar-refractivity contribution < 1.29 is 33.4 Å². The van der Waals surface area contributed by atoms with E-state index in [0.717, 1.165) is 59.1 Å². The van der Waals surface area contributed by atoms with Crippen LogP contribution in [0.25, 0.3) is 33.4 Å². The first-order valence-corrected chi connectivity index (χ1v) is 20.9. The van der Waals surface area contributed by atoms with Crippen molar-refractivity contribution in [2.75, 3.05) is 33.9 Å². The molecule has 2 aliphatic rings. The Morgan fingerprint density at radius 1 is 0.714 bits per heavy atom. The molecule has 0 aliphatic carbocycles. The number of rotatable bonds is 12. The molecule has 2 aromatic heterocycles. The summed E-state index contributed by atoms with van der Waals surface area (Å²) in [5.74, 6) is -0.0736. The van der Waals surface area contributed by atoms with Gasteiger partial charge in [0.25, 0.3) is 11.8 Å². The first-order chi connectivity index (χ1) is 30.7. The quantitative estimate of drug-likeness (QED) is 0.102. The molecule has 2 aliphatic heterocycles. The highest BCUT2D eigenvalue weighted by atomic mass is 16.5. The molecule has 5 amide bonds. The second kappa shape index (κ2) is 19.0. The normalized spacial score (nSPS) is 16.9. The van der Waals surface area contributed by atoms with Crippen molar-refractivity contribution in [1.82, 2.24) is 40.7 Å². The minimum absolute atomic E-state index is 0.228. The lowest BCUT2D eigenvalue weighted by atomic mass is 10.0. The predicted octanol–water partition coefficient (Wildman–Crippen LogP) is 6.87. The van der Waals surface area contributed by atoms with E-state index in [1.165, 1.54) is 14.2 Å². The minimum atomic E-state index is -0.911. The van der Waals surface area contributed by atoms with Gasteiger partial charge < -0.3 is 40.2 Å². The highest BCUT2D eigenvalue weighted by molar-refractivity contribution is 5.95. The maximum Gasteiger partial charge on any atom is 0.407 e. The fourth-order valence-electron chi connectivity index (χ4n) is 8.42. The predicted molar refractivity (Wildman–Crippen MR) is 235 cm³/mol. The lowest BCUT2D eigenvalue weighted by Crippen LogP contribution is -2.48. The molecule has 6 aromatic rings. The number of ether oxygens (including phenoxy) is 2. The molecule has 4 atom stereocenters. The summed E-state index contributed by atoms with van der Waals surface area (Å²) in [6, 6.07) is 33.0. The molecule has 0 spiro atoms. The van der Waals surface area contributed by atoms with Crippen LogP contribution in [0.4, 0.5) is 9.59 Å². The third kappa shape index (κ3) is 9.37. The van der Waals surface area contributed by atoms with E-state index >= 15 is 0 Å². The van der Waals surface area contributed by atoms with Crippen LogP contribution in [-0.2, 0) is 19.1 Å². The first-order valence-electron chi connectivity index (χ1n) is 20.9. The SMILES string of the molecule is COC(=O)N[C@@H](C(=O)N1CCC[C@H]1CNC(=O)c1ccc(-c2ccc3cc(-c4cnc([C@@H]5CCCN5C(=O)[C@H](NC(=O)OC)c5ccccc5)[nH]4)ccc3n2)cc1)c1ccccc1. The van der Waals surface area contributed by atoms with Gasteiger partial charge in [-0.3, -0.25) is 14.4 Å². The van der Waals surface area contributed by atoms with Crippen LogP contribution >= 0.6 is 0 Å². The number of carbonyl (C=O) groups is 5. The number of methoxy groups -OCH3 is 2. The lowest BCUT2D eigenvalue weighted by Gasteiger charge is -2.29. The van der Waals surface area contributed by atoms with Crippen molar-refractivity contribution in [2.45, 2.75) is 49.9 Å². The van der Waals surface area contributed by atoms with Gasteiger partial charge in [-0.25, -0.2) is 19.6 Å². The average Bonchev–Trinajstić information content (AvgIpc) is 4.14. The van der Waals surface area contributed by atoms with Crippen LogP contribution < -0.4 is 16.0 Å². The van der Waals surface area contributed by atoms with Gasteiger partial charge in [-0.15, -0.1) is 0 Å². The van der Waals surface area contributed by atoms with Crippen LogP contribution in [0.3, 0.4) is 0 Å². The molecule has 4 aromatic carbocycles. The number of fused-ring (bicyclic) bond motifs is 1. The molecular weight excluding hydrogens is 801 g/mol. The summed E-state index contributed by atoms with van der Waals surface area (Å²) in [6.07, 6.45) is 3.41. The Hall–Kier alpha value is -7.55. The lowest BCUT2D eigenvalue weighted by molar-refractivity contribution is -0.135. The van der Waals surface area contributed by atoms with Crippen molar-refractivity contribution in [3.8, 4) is 22.5 Å². The second-order valence-electron chi connectivity index (χ2n) is 15.6. The Kier molecular flexibility index (Phi) is 12.7. The van der Waals surface area contributed by atoms with Crippen molar-refractivity contribution in [2.24, 2.45) is 0 Å². The maximum atomic E-state index is 13.9. The largest absolute Gasteiger partial charge is 0.453 e. The number of H-pyrrole nitrogens is 1. The van der Waals surface area contributed by atoms with Crippen LogP contribution in [-0.4, -0.2) is 94.6 Å². The van der Waals surface area contributed by atoms with Gasteiger partial charge in [0, 0.05) is 47.8 Å². The van der Waals surface area contributed by atoms with Crippen LogP contribution in [0.5, 0.6) is 0 Å². The summed E-state index contributed by atoms with van der Waals surface area (Å²) in [5.41, 5.74) is 5.89. The number of nitrogens with one attached hydrogen (secondary N) is 4. The molecule has 15 heteroatoms. The highest BCUT2D eigenvalue weighted by Gasteiger charge is 2.38. The smallest absolute Gasteiger partial charge is 0.407 e. The molecule has 0 bridgehead atoms. The molecule has 15 nitrogen and oxygen atoms in total. The van der Waals surface area contributed by atoms with Crippen molar-refractivity contribution >= 4 is 40.8 Å². The van der Waals surface area contributed by atoms with Crippen LogP contribution in [0.15, 0.2) is 121 Å².